The van der Waals surface area contributed by atoms with Crippen LogP contribution in [0.5, 0.6) is 0 Å². The highest BCUT2D eigenvalue weighted by Crippen LogP contribution is 2.27. The van der Waals surface area contributed by atoms with Crippen molar-refractivity contribution in [2.24, 2.45) is 0 Å². The number of hydrogen-bond donors (Lipinski definition) is 0. The van der Waals surface area contributed by atoms with Gasteiger partial charge in [0.2, 0.25) is 5.91 Å². The Morgan fingerprint density at radius 3 is 2.62 bits per heavy atom. The Morgan fingerprint density at radius 1 is 1.25 bits per heavy atom. The molecule has 2 heterocycles. The van der Waals surface area contributed by atoms with E-state index in [-0.39, 0.29) is 12.3 Å². The molecular formula is C18H17ClIN3O. The molecule has 0 aliphatic carbocycles. The van der Waals surface area contributed by atoms with E-state index in [0.29, 0.717) is 11.6 Å². The molecule has 6 heteroatoms. The summed E-state index contributed by atoms with van der Waals surface area (Å²) in [4.78, 5) is 18.9. The Bertz CT molecular complexity index is 889. The van der Waals surface area contributed by atoms with Gasteiger partial charge in [0.1, 0.15) is 5.65 Å². The number of imidazole rings is 1. The van der Waals surface area contributed by atoms with Gasteiger partial charge in [-0.05, 0) is 53.8 Å². The minimum Gasteiger partial charge on any atom is -0.346 e. The zero-order chi connectivity index (χ0) is 17.3. The Hall–Kier alpha value is -1.60. The van der Waals surface area contributed by atoms with E-state index >= 15 is 0 Å². The van der Waals surface area contributed by atoms with E-state index in [2.05, 4.69) is 22.6 Å². The quantitative estimate of drug-likeness (QED) is 0.553. The fourth-order valence-corrected chi connectivity index (χ4v) is 3.05. The average Bonchev–Trinajstić information content (AvgIpc) is 2.92. The number of nitrogens with zero attached hydrogens (tertiary/aromatic N) is 3. The molecule has 0 N–H and O–H groups in total. The van der Waals surface area contributed by atoms with Crippen LogP contribution in [0, 0.1) is 3.57 Å². The van der Waals surface area contributed by atoms with Crippen molar-refractivity contribution in [2.45, 2.75) is 13.3 Å². The van der Waals surface area contributed by atoms with Crippen LogP contribution in [0.15, 0.2) is 42.6 Å². The third-order valence-corrected chi connectivity index (χ3v) is 4.96. The summed E-state index contributed by atoms with van der Waals surface area (Å²) in [6.07, 6.45) is 2.10. The van der Waals surface area contributed by atoms with Crippen LogP contribution < -0.4 is 0 Å². The minimum absolute atomic E-state index is 0.0611. The van der Waals surface area contributed by atoms with Crippen LogP contribution in [0.4, 0.5) is 0 Å². The highest BCUT2D eigenvalue weighted by Gasteiger charge is 2.18. The van der Waals surface area contributed by atoms with Crippen LogP contribution in [-0.4, -0.2) is 33.8 Å². The molecule has 0 saturated carbocycles. The summed E-state index contributed by atoms with van der Waals surface area (Å²) in [7, 11) is 1.81. The van der Waals surface area contributed by atoms with E-state index in [4.69, 9.17) is 16.6 Å². The molecule has 0 atom stereocenters. The van der Waals surface area contributed by atoms with Crippen LogP contribution in [-0.2, 0) is 11.2 Å². The zero-order valence-electron chi connectivity index (χ0n) is 13.5. The summed E-state index contributed by atoms with van der Waals surface area (Å²) in [6, 6.07) is 11.8. The maximum atomic E-state index is 12.5. The predicted molar refractivity (Wildman–Crippen MR) is 105 cm³/mol. The first kappa shape index (κ1) is 17.2. The average molecular weight is 454 g/mol. The Balaban J connectivity index is 2.15. The SMILES string of the molecule is CCN(C)C(=O)Cc1c(-c2ccc(I)cc2)nc2ccc(Cl)cn12. The molecule has 0 aliphatic rings. The molecule has 0 radical (unpaired) electrons. The number of carbonyl (C=O) groups excluding carboxylic acids is 1. The molecule has 1 aromatic carbocycles. The van der Waals surface area contributed by atoms with E-state index < -0.39 is 0 Å². The summed E-state index contributed by atoms with van der Waals surface area (Å²) in [6.45, 7) is 2.64. The van der Waals surface area contributed by atoms with Gasteiger partial charge in [-0.15, -0.1) is 0 Å². The van der Waals surface area contributed by atoms with Gasteiger partial charge in [0, 0.05) is 28.9 Å². The van der Waals surface area contributed by atoms with Gasteiger partial charge in [-0.3, -0.25) is 4.79 Å². The maximum Gasteiger partial charge on any atom is 0.228 e. The first-order valence-electron chi connectivity index (χ1n) is 7.66. The standard InChI is InChI=1S/C18H17ClIN3O/c1-3-22(2)17(24)10-15-18(12-4-7-14(20)8-5-12)21-16-9-6-13(19)11-23(15)16/h4-9,11H,3,10H2,1-2H3. The molecule has 1 amide bonds. The number of hydrogen-bond acceptors (Lipinski definition) is 2. The summed E-state index contributed by atoms with van der Waals surface area (Å²) in [5.74, 6) is 0.0611. The van der Waals surface area contributed by atoms with Crippen LogP contribution >= 0.6 is 34.2 Å². The van der Waals surface area contributed by atoms with Crippen LogP contribution in [0.1, 0.15) is 12.6 Å². The first-order chi connectivity index (χ1) is 11.5. The van der Waals surface area contributed by atoms with Gasteiger partial charge in [0.05, 0.1) is 22.8 Å². The molecule has 0 saturated heterocycles. The van der Waals surface area contributed by atoms with Crippen molar-refractivity contribution in [2.75, 3.05) is 13.6 Å². The Morgan fingerprint density at radius 2 is 1.96 bits per heavy atom. The summed E-state index contributed by atoms with van der Waals surface area (Å²) in [5, 5.41) is 0.617. The van der Waals surface area contributed by atoms with Crippen LogP contribution in [0.2, 0.25) is 5.02 Å². The van der Waals surface area contributed by atoms with E-state index in [1.165, 1.54) is 0 Å². The number of benzene rings is 1. The van der Waals surface area contributed by atoms with E-state index in [1.807, 2.05) is 61.0 Å². The van der Waals surface area contributed by atoms with Crippen molar-refractivity contribution in [3.63, 3.8) is 0 Å². The largest absolute Gasteiger partial charge is 0.346 e. The fraction of sp³-hybridized carbons (Fsp3) is 0.222. The van der Waals surface area contributed by atoms with E-state index in [0.717, 1.165) is 26.2 Å². The number of carbonyl (C=O) groups is 1. The Kier molecular flexibility index (Phi) is 5.10. The zero-order valence-corrected chi connectivity index (χ0v) is 16.4. The van der Waals surface area contributed by atoms with Crippen LogP contribution in [0.25, 0.3) is 16.9 Å². The molecule has 124 valence electrons. The molecule has 0 aliphatic heterocycles. The number of halogens is 2. The lowest BCUT2D eigenvalue weighted by atomic mass is 10.1. The highest BCUT2D eigenvalue weighted by atomic mass is 127. The molecule has 4 nitrogen and oxygen atoms in total. The molecule has 0 bridgehead atoms. The third kappa shape index (κ3) is 3.42. The minimum atomic E-state index is 0.0611. The van der Waals surface area contributed by atoms with Crippen molar-refractivity contribution in [3.05, 3.63) is 56.9 Å². The number of pyridine rings is 1. The van der Waals surface area contributed by atoms with Crippen molar-refractivity contribution in [1.82, 2.24) is 14.3 Å². The van der Waals surface area contributed by atoms with Crippen molar-refractivity contribution >= 4 is 45.7 Å². The van der Waals surface area contributed by atoms with Gasteiger partial charge in [-0.1, -0.05) is 23.7 Å². The fourth-order valence-electron chi connectivity index (χ4n) is 2.53. The molecule has 0 spiro atoms. The smallest absolute Gasteiger partial charge is 0.228 e. The van der Waals surface area contributed by atoms with Gasteiger partial charge in [0.15, 0.2) is 0 Å². The number of likely N-dealkylation sites (N-methyl/N-ethyl adjacent to an activating group) is 1. The predicted octanol–water partition coefficient (Wildman–Crippen LogP) is 4.28. The van der Waals surface area contributed by atoms with Crippen molar-refractivity contribution < 1.29 is 4.79 Å². The summed E-state index contributed by atoms with van der Waals surface area (Å²) in [5.41, 5.74) is 3.47. The second-order valence-corrected chi connectivity index (χ2v) is 7.26. The van der Waals surface area contributed by atoms with Gasteiger partial charge >= 0.3 is 0 Å². The number of rotatable bonds is 4. The molecular weight excluding hydrogens is 437 g/mol. The number of amides is 1. The lowest BCUT2D eigenvalue weighted by Crippen LogP contribution is -2.28. The summed E-state index contributed by atoms with van der Waals surface area (Å²) < 4.78 is 3.07. The van der Waals surface area contributed by atoms with Crippen molar-refractivity contribution in [1.29, 1.82) is 0 Å². The molecule has 3 rings (SSSR count). The van der Waals surface area contributed by atoms with Gasteiger partial charge in [-0.2, -0.15) is 0 Å². The van der Waals surface area contributed by atoms with E-state index in [1.54, 1.807) is 4.90 Å². The number of aromatic nitrogens is 2. The molecule has 3 aromatic rings. The number of fused-ring (bicyclic) bond motifs is 1. The second-order valence-electron chi connectivity index (χ2n) is 5.57. The van der Waals surface area contributed by atoms with Crippen LogP contribution in [0.3, 0.4) is 0 Å². The first-order valence-corrected chi connectivity index (χ1v) is 9.11. The lowest BCUT2D eigenvalue weighted by molar-refractivity contribution is -0.129. The molecule has 0 fully saturated rings. The topological polar surface area (TPSA) is 37.6 Å². The van der Waals surface area contributed by atoms with Crippen molar-refractivity contribution in [3.8, 4) is 11.3 Å². The maximum absolute atomic E-state index is 12.5. The highest BCUT2D eigenvalue weighted by molar-refractivity contribution is 14.1. The third-order valence-electron chi connectivity index (χ3n) is 4.02. The summed E-state index contributed by atoms with van der Waals surface area (Å²) >= 11 is 8.42. The molecule has 0 unspecified atom stereocenters. The van der Waals surface area contributed by atoms with Gasteiger partial charge < -0.3 is 9.30 Å². The Labute approximate surface area is 159 Å². The lowest BCUT2D eigenvalue weighted by Gasteiger charge is -2.15. The molecule has 24 heavy (non-hydrogen) atoms. The normalized spacial score (nSPS) is 11.0. The van der Waals surface area contributed by atoms with Gasteiger partial charge in [-0.25, -0.2) is 4.98 Å². The monoisotopic (exact) mass is 453 g/mol. The second kappa shape index (κ2) is 7.11. The van der Waals surface area contributed by atoms with Gasteiger partial charge in [0.25, 0.3) is 0 Å². The van der Waals surface area contributed by atoms with E-state index in [9.17, 15) is 4.79 Å². The molecule has 2 aromatic heterocycles.